The van der Waals surface area contributed by atoms with Gasteiger partial charge in [-0.2, -0.15) is 0 Å². The molecule has 0 saturated carbocycles. The molecular formula is C9H9Cl2F2N. The van der Waals surface area contributed by atoms with Crippen molar-refractivity contribution in [1.29, 1.82) is 0 Å². The summed E-state index contributed by atoms with van der Waals surface area (Å²) in [5, 5.41) is 0.800. The van der Waals surface area contributed by atoms with Gasteiger partial charge in [0.15, 0.2) is 0 Å². The van der Waals surface area contributed by atoms with Gasteiger partial charge in [-0.1, -0.05) is 23.2 Å². The molecule has 78 valence electrons. The van der Waals surface area contributed by atoms with Gasteiger partial charge in [-0.25, -0.2) is 8.78 Å². The maximum atomic E-state index is 12.0. The molecule has 0 heterocycles. The van der Waals surface area contributed by atoms with Gasteiger partial charge >= 0.3 is 0 Å². The van der Waals surface area contributed by atoms with Crippen molar-refractivity contribution >= 4 is 23.2 Å². The van der Waals surface area contributed by atoms with Gasteiger partial charge in [0.05, 0.1) is 0 Å². The lowest BCUT2D eigenvalue weighted by Crippen LogP contribution is -2.13. The van der Waals surface area contributed by atoms with Crippen molar-refractivity contribution in [2.45, 2.75) is 18.9 Å². The van der Waals surface area contributed by atoms with Gasteiger partial charge in [0.25, 0.3) is 0 Å². The minimum atomic E-state index is -2.43. The summed E-state index contributed by atoms with van der Waals surface area (Å²) in [5.41, 5.74) is 6.07. The molecule has 1 rings (SSSR count). The van der Waals surface area contributed by atoms with Crippen molar-refractivity contribution in [3.63, 3.8) is 0 Å². The van der Waals surface area contributed by atoms with E-state index < -0.39 is 18.9 Å². The van der Waals surface area contributed by atoms with Crippen LogP contribution in [0.1, 0.15) is 18.0 Å². The maximum Gasteiger partial charge on any atom is 0.240 e. The number of hydrogen-bond donors (Lipinski definition) is 1. The van der Waals surface area contributed by atoms with Crippen molar-refractivity contribution in [2.75, 3.05) is 0 Å². The van der Waals surface area contributed by atoms with Gasteiger partial charge < -0.3 is 5.73 Å². The first-order chi connectivity index (χ1) is 6.49. The molecule has 0 spiro atoms. The molecule has 14 heavy (non-hydrogen) atoms. The van der Waals surface area contributed by atoms with Crippen LogP contribution in [0.5, 0.6) is 0 Å². The lowest BCUT2D eigenvalue weighted by molar-refractivity contribution is 0.128. The molecule has 0 aromatic heterocycles. The van der Waals surface area contributed by atoms with Crippen LogP contribution in [0.2, 0.25) is 10.0 Å². The smallest absolute Gasteiger partial charge is 0.240 e. The molecule has 0 fully saturated rings. The molecule has 0 aliphatic heterocycles. The third kappa shape index (κ3) is 3.40. The van der Waals surface area contributed by atoms with Gasteiger partial charge in [-0.3, -0.25) is 0 Å². The molecule has 0 aliphatic rings. The van der Waals surface area contributed by atoms with E-state index in [4.69, 9.17) is 28.9 Å². The maximum absolute atomic E-state index is 12.0. The summed E-state index contributed by atoms with van der Waals surface area (Å²) in [5.74, 6) is 0. The predicted molar refractivity (Wildman–Crippen MR) is 54.0 cm³/mol. The van der Waals surface area contributed by atoms with Gasteiger partial charge in [0.2, 0.25) is 6.43 Å². The van der Waals surface area contributed by atoms with E-state index in [0.29, 0.717) is 15.6 Å². The van der Waals surface area contributed by atoms with E-state index in [1.54, 1.807) is 12.1 Å². The number of alkyl halides is 2. The fourth-order valence-corrected chi connectivity index (χ4v) is 1.66. The fraction of sp³-hybridized carbons (Fsp3) is 0.333. The molecular weight excluding hydrogens is 231 g/mol. The van der Waals surface area contributed by atoms with Crippen molar-refractivity contribution in [1.82, 2.24) is 0 Å². The lowest BCUT2D eigenvalue weighted by atomic mass is 10.1. The Kier molecular flexibility index (Phi) is 4.11. The number of benzene rings is 1. The Hall–Kier alpha value is -0.380. The molecule has 1 aromatic carbocycles. The summed E-state index contributed by atoms with van der Waals surface area (Å²) in [6.45, 7) is 0. The quantitative estimate of drug-likeness (QED) is 0.857. The zero-order chi connectivity index (χ0) is 10.7. The van der Waals surface area contributed by atoms with Crippen LogP contribution in [0.15, 0.2) is 18.2 Å². The van der Waals surface area contributed by atoms with Gasteiger partial charge in [0.1, 0.15) is 0 Å². The van der Waals surface area contributed by atoms with E-state index in [9.17, 15) is 8.78 Å². The predicted octanol–water partition coefficient (Wildman–Crippen LogP) is 3.65. The molecule has 0 radical (unpaired) electrons. The van der Waals surface area contributed by atoms with Crippen molar-refractivity contribution < 1.29 is 8.78 Å². The SMILES string of the molecule is N[C@@H](CC(F)F)c1cc(Cl)cc(Cl)c1. The molecule has 1 aromatic rings. The van der Waals surface area contributed by atoms with E-state index >= 15 is 0 Å². The fourth-order valence-electron chi connectivity index (χ4n) is 1.12. The highest BCUT2D eigenvalue weighted by Crippen LogP contribution is 2.25. The molecule has 0 unspecified atom stereocenters. The Labute approximate surface area is 90.8 Å². The van der Waals surface area contributed by atoms with Crippen molar-refractivity contribution in [3.8, 4) is 0 Å². The summed E-state index contributed by atoms with van der Waals surface area (Å²) in [4.78, 5) is 0. The van der Waals surface area contributed by atoms with Crippen LogP contribution in [0, 0.1) is 0 Å². The summed E-state index contributed by atoms with van der Waals surface area (Å²) >= 11 is 11.4. The normalized spacial score (nSPS) is 13.3. The van der Waals surface area contributed by atoms with Crippen LogP contribution in [0.3, 0.4) is 0 Å². The van der Waals surface area contributed by atoms with Gasteiger partial charge in [0, 0.05) is 22.5 Å². The van der Waals surface area contributed by atoms with Crippen molar-refractivity contribution in [3.05, 3.63) is 33.8 Å². The van der Waals surface area contributed by atoms with E-state index in [1.807, 2.05) is 0 Å². The lowest BCUT2D eigenvalue weighted by Gasteiger charge is -2.11. The second-order valence-electron chi connectivity index (χ2n) is 2.94. The Balaban J connectivity index is 2.84. The first-order valence-electron chi connectivity index (χ1n) is 3.98. The Morgan fingerprint density at radius 3 is 2.07 bits per heavy atom. The molecule has 0 amide bonds. The van der Waals surface area contributed by atoms with E-state index in [-0.39, 0.29) is 0 Å². The second kappa shape index (κ2) is 4.91. The second-order valence-corrected chi connectivity index (χ2v) is 3.81. The minimum Gasteiger partial charge on any atom is -0.324 e. The molecule has 0 aliphatic carbocycles. The average Bonchev–Trinajstić information content (AvgIpc) is 2.00. The molecule has 2 N–H and O–H groups in total. The topological polar surface area (TPSA) is 26.0 Å². The highest BCUT2D eigenvalue weighted by Gasteiger charge is 2.13. The third-order valence-electron chi connectivity index (χ3n) is 1.75. The monoisotopic (exact) mass is 239 g/mol. The first kappa shape index (κ1) is 11.7. The van der Waals surface area contributed by atoms with Crippen LogP contribution < -0.4 is 5.73 Å². The number of halogens is 4. The van der Waals surface area contributed by atoms with Gasteiger partial charge in [-0.15, -0.1) is 0 Å². The number of rotatable bonds is 3. The molecule has 1 atom stereocenters. The molecule has 5 heteroatoms. The summed E-state index contributed by atoms with van der Waals surface area (Å²) in [7, 11) is 0. The highest BCUT2D eigenvalue weighted by atomic mass is 35.5. The first-order valence-corrected chi connectivity index (χ1v) is 4.74. The van der Waals surface area contributed by atoms with Crippen molar-refractivity contribution in [2.24, 2.45) is 5.73 Å². The Morgan fingerprint density at radius 2 is 1.64 bits per heavy atom. The highest BCUT2D eigenvalue weighted by molar-refractivity contribution is 6.34. The Bertz CT molecular complexity index is 297. The summed E-state index contributed by atoms with van der Waals surface area (Å²) in [6, 6.07) is 3.88. The van der Waals surface area contributed by atoms with Crippen LogP contribution in [0.4, 0.5) is 8.78 Å². The third-order valence-corrected chi connectivity index (χ3v) is 2.18. The average molecular weight is 240 g/mol. The zero-order valence-corrected chi connectivity index (χ0v) is 8.69. The molecule has 0 bridgehead atoms. The summed E-state index contributed by atoms with van der Waals surface area (Å²) in [6.07, 6.45) is -2.82. The van der Waals surface area contributed by atoms with Crippen LogP contribution in [0.25, 0.3) is 0 Å². The van der Waals surface area contributed by atoms with Crippen LogP contribution >= 0.6 is 23.2 Å². The van der Waals surface area contributed by atoms with Crippen LogP contribution in [-0.2, 0) is 0 Å². The van der Waals surface area contributed by atoms with Crippen LogP contribution in [-0.4, -0.2) is 6.43 Å². The minimum absolute atomic E-state index is 0.392. The van der Waals surface area contributed by atoms with E-state index in [2.05, 4.69) is 0 Å². The Morgan fingerprint density at radius 1 is 1.14 bits per heavy atom. The number of nitrogens with two attached hydrogens (primary N) is 1. The number of hydrogen-bond acceptors (Lipinski definition) is 1. The molecule has 0 saturated heterocycles. The van der Waals surface area contributed by atoms with E-state index in [1.165, 1.54) is 6.07 Å². The summed E-state index contributed by atoms with van der Waals surface area (Å²) < 4.78 is 24.1. The van der Waals surface area contributed by atoms with E-state index in [0.717, 1.165) is 0 Å². The standard InChI is InChI=1S/C9H9Cl2F2N/c10-6-1-5(2-7(11)3-6)8(14)4-9(12)13/h1-3,8-9H,4,14H2/t8-/m0/s1. The largest absolute Gasteiger partial charge is 0.324 e. The van der Waals surface area contributed by atoms with Gasteiger partial charge in [-0.05, 0) is 23.8 Å². The zero-order valence-electron chi connectivity index (χ0n) is 7.18. The molecule has 1 nitrogen and oxygen atoms in total.